The van der Waals surface area contributed by atoms with E-state index >= 15 is 0 Å². The van der Waals surface area contributed by atoms with Gasteiger partial charge in [-0.1, -0.05) is 17.7 Å². The Morgan fingerprint density at radius 1 is 1.21 bits per heavy atom. The van der Waals surface area contributed by atoms with Crippen molar-refractivity contribution >= 4 is 34.8 Å². The van der Waals surface area contributed by atoms with Crippen LogP contribution in [0.5, 0.6) is 0 Å². The van der Waals surface area contributed by atoms with Crippen LogP contribution in [-0.2, 0) is 6.54 Å². The first kappa shape index (κ1) is 28.8. The Balaban J connectivity index is 2.01. The lowest BCUT2D eigenvalue weighted by atomic mass is 10.0. The number of amides is 2. The van der Waals surface area contributed by atoms with Crippen LogP contribution in [0.2, 0.25) is 5.02 Å². The first-order valence-corrected chi connectivity index (χ1v) is 11.7. The number of nitrogens with zero attached hydrogens (tertiary/aromatic N) is 4. The number of aromatic nitrogens is 3. The molecule has 202 valence electrons. The van der Waals surface area contributed by atoms with Gasteiger partial charge >= 0.3 is 6.18 Å². The topological polar surface area (TPSA) is 142 Å². The molecular formula is C24H26ClF3N8O2. The molecule has 2 heterocycles. The van der Waals surface area contributed by atoms with Crippen LogP contribution >= 0.6 is 11.6 Å². The molecular weight excluding hydrogens is 525 g/mol. The van der Waals surface area contributed by atoms with Crippen molar-refractivity contribution in [3.05, 3.63) is 69.6 Å². The summed E-state index contributed by atoms with van der Waals surface area (Å²) >= 11 is 6.28. The Kier molecular flexibility index (Phi) is 8.86. The quantitative estimate of drug-likeness (QED) is 0.181. The molecule has 3 rings (SSSR count). The van der Waals surface area contributed by atoms with E-state index in [1.807, 2.05) is 6.92 Å². The SMILES string of the molecule is CCNC(=O)c1cc(C)cc(C)c1NC(=O)c1cc(CN(N)CC(=N)C(F)(F)F)nn1-c1ncccc1Cl. The molecule has 0 unspecified atom stereocenters. The highest BCUT2D eigenvalue weighted by Gasteiger charge is 2.35. The van der Waals surface area contributed by atoms with Crippen LogP contribution in [0.1, 0.15) is 44.6 Å². The van der Waals surface area contributed by atoms with Crippen LogP contribution in [0.3, 0.4) is 0 Å². The molecule has 0 atom stereocenters. The van der Waals surface area contributed by atoms with E-state index < -0.39 is 24.3 Å². The molecule has 2 aromatic heterocycles. The number of rotatable bonds is 9. The molecule has 1 aromatic carbocycles. The number of aryl methyl sites for hydroxylation is 2. The second kappa shape index (κ2) is 11.7. The second-order valence-electron chi connectivity index (χ2n) is 8.44. The van der Waals surface area contributed by atoms with E-state index in [2.05, 4.69) is 20.7 Å². The maximum atomic E-state index is 13.5. The number of pyridine rings is 1. The second-order valence-corrected chi connectivity index (χ2v) is 8.85. The van der Waals surface area contributed by atoms with E-state index in [1.54, 1.807) is 32.0 Å². The number of hydrazine groups is 1. The summed E-state index contributed by atoms with van der Waals surface area (Å²) in [6, 6.07) is 7.89. The predicted octanol–water partition coefficient (Wildman–Crippen LogP) is 3.80. The normalized spacial score (nSPS) is 11.5. The van der Waals surface area contributed by atoms with Gasteiger partial charge in [-0.05, 0) is 56.2 Å². The zero-order valence-electron chi connectivity index (χ0n) is 20.8. The summed E-state index contributed by atoms with van der Waals surface area (Å²) < 4.78 is 39.4. The summed E-state index contributed by atoms with van der Waals surface area (Å²) in [5.74, 6) is 4.76. The lowest BCUT2D eigenvalue weighted by Crippen LogP contribution is -2.40. The minimum absolute atomic E-state index is 0.0540. The number of anilines is 1. The lowest BCUT2D eigenvalue weighted by Gasteiger charge is -2.16. The molecule has 0 aliphatic heterocycles. The van der Waals surface area contributed by atoms with Gasteiger partial charge in [0.05, 0.1) is 35.1 Å². The molecule has 0 radical (unpaired) electrons. The van der Waals surface area contributed by atoms with Gasteiger partial charge in [0.1, 0.15) is 11.4 Å². The third kappa shape index (κ3) is 6.73. The number of halogens is 4. The van der Waals surface area contributed by atoms with E-state index in [4.69, 9.17) is 22.9 Å². The van der Waals surface area contributed by atoms with Crippen molar-refractivity contribution in [2.24, 2.45) is 5.84 Å². The summed E-state index contributed by atoms with van der Waals surface area (Å²) in [5.41, 5.74) is 0.548. The number of alkyl halides is 3. The molecule has 0 bridgehead atoms. The molecule has 0 saturated carbocycles. The Labute approximate surface area is 221 Å². The molecule has 2 amide bonds. The number of benzene rings is 1. The fourth-order valence-corrected chi connectivity index (χ4v) is 3.87. The largest absolute Gasteiger partial charge is 0.430 e. The van der Waals surface area contributed by atoms with Crippen molar-refractivity contribution < 1.29 is 22.8 Å². The summed E-state index contributed by atoms with van der Waals surface area (Å²) in [7, 11) is 0. The zero-order chi connectivity index (χ0) is 28.2. The fourth-order valence-electron chi connectivity index (χ4n) is 3.67. The highest BCUT2D eigenvalue weighted by atomic mass is 35.5. The van der Waals surface area contributed by atoms with Crippen LogP contribution in [0, 0.1) is 19.3 Å². The van der Waals surface area contributed by atoms with Gasteiger partial charge in [0.25, 0.3) is 11.8 Å². The zero-order valence-corrected chi connectivity index (χ0v) is 21.5. The fraction of sp³-hybridized carbons (Fsp3) is 0.292. The number of hydrogen-bond donors (Lipinski definition) is 4. The van der Waals surface area contributed by atoms with Crippen LogP contribution in [0.25, 0.3) is 5.82 Å². The number of nitrogens with one attached hydrogen (secondary N) is 3. The van der Waals surface area contributed by atoms with Gasteiger partial charge in [-0.2, -0.15) is 18.3 Å². The standard InChI is InChI=1S/C24H26ClF3N8O2/c1-4-31-22(37)16-9-13(2)8-14(3)20(16)33-23(38)18-10-15(11-35(30)12-19(29)24(26,27)28)34-36(18)21-17(25)6-5-7-32-21/h5-10,29H,4,11-12,30H2,1-3H3,(H,31,37)(H,33,38). The minimum atomic E-state index is -4.82. The van der Waals surface area contributed by atoms with Crippen molar-refractivity contribution in [3.8, 4) is 5.82 Å². The molecule has 0 aliphatic carbocycles. The van der Waals surface area contributed by atoms with Gasteiger partial charge in [-0.25, -0.2) is 14.7 Å². The predicted molar refractivity (Wildman–Crippen MR) is 137 cm³/mol. The smallest absolute Gasteiger partial charge is 0.352 e. The third-order valence-electron chi connectivity index (χ3n) is 5.30. The minimum Gasteiger partial charge on any atom is -0.352 e. The van der Waals surface area contributed by atoms with Gasteiger partial charge in [0.15, 0.2) is 5.82 Å². The van der Waals surface area contributed by atoms with Crippen molar-refractivity contribution in [1.82, 2.24) is 25.1 Å². The number of hydrogen-bond acceptors (Lipinski definition) is 7. The number of nitrogens with two attached hydrogens (primary N) is 1. The molecule has 0 fully saturated rings. The summed E-state index contributed by atoms with van der Waals surface area (Å²) in [4.78, 5) is 30.3. The maximum Gasteiger partial charge on any atom is 0.430 e. The first-order valence-electron chi connectivity index (χ1n) is 11.4. The average Bonchev–Trinajstić information content (AvgIpc) is 3.23. The average molecular weight is 551 g/mol. The van der Waals surface area contributed by atoms with Gasteiger partial charge < -0.3 is 10.6 Å². The Morgan fingerprint density at radius 2 is 1.92 bits per heavy atom. The monoisotopic (exact) mass is 550 g/mol. The van der Waals surface area contributed by atoms with Crippen LogP contribution in [0.15, 0.2) is 36.5 Å². The highest BCUT2D eigenvalue weighted by molar-refractivity contribution is 6.32. The van der Waals surface area contributed by atoms with Gasteiger partial charge in [0.2, 0.25) is 0 Å². The Bertz CT molecular complexity index is 1370. The summed E-state index contributed by atoms with van der Waals surface area (Å²) in [6.07, 6.45) is -3.39. The van der Waals surface area contributed by atoms with Crippen LogP contribution in [-0.4, -0.2) is 56.6 Å². The third-order valence-corrected chi connectivity index (χ3v) is 5.60. The highest BCUT2D eigenvalue weighted by Crippen LogP contribution is 2.26. The Morgan fingerprint density at radius 3 is 2.55 bits per heavy atom. The first-order chi connectivity index (χ1) is 17.8. The van der Waals surface area contributed by atoms with Crippen molar-refractivity contribution in [1.29, 1.82) is 5.41 Å². The molecule has 3 aromatic rings. The maximum absolute atomic E-state index is 13.5. The molecule has 0 aliphatic rings. The van der Waals surface area contributed by atoms with Crippen molar-refractivity contribution in [3.63, 3.8) is 0 Å². The van der Waals surface area contributed by atoms with E-state index in [9.17, 15) is 22.8 Å². The van der Waals surface area contributed by atoms with E-state index in [-0.39, 0.29) is 45.9 Å². The molecule has 14 heteroatoms. The molecule has 0 spiro atoms. The van der Waals surface area contributed by atoms with E-state index in [0.717, 1.165) is 15.3 Å². The van der Waals surface area contributed by atoms with Gasteiger partial charge in [-0.3, -0.25) is 20.8 Å². The molecule has 0 saturated heterocycles. The van der Waals surface area contributed by atoms with Gasteiger partial charge in [-0.15, -0.1) is 0 Å². The summed E-state index contributed by atoms with van der Waals surface area (Å²) in [6.45, 7) is 4.51. The summed E-state index contributed by atoms with van der Waals surface area (Å²) in [5, 5.41) is 17.8. The molecule has 5 N–H and O–H groups in total. The van der Waals surface area contributed by atoms with Crippen LogP contribution in [0.4, 0.5) is 18.9 Å². The van der Waals surface area contributed by atoms with Crippen molar-refractivity contribution in [2.45, 2.75) is 33.5 Å². The number of carbonyl (C=O) groups excluding carboxylic acids is 2. The van der Waals surface area contributed by atoms with E-state index in [1.165, 1.54) is 18.3 Å². The Hall–Kier alpha value is -3.81. The van der Waals surface area contributed by atoms with E-state index in [0.29, 0.717) is 12.1 Å². The lowest BCUT2D eigenvalue weighted by molar-refractivity contribution is -0.0624. The molecule has 38 heavy (non-hydrogen) atoms. The van der Waals surface area contributed by atoms with Crippen molar-refractivity contribution in [2.75, 3.05) is 18.4 Å². The van der Waals surface area contributed by atoms with Crippen LogP contribution < -0.4 is 16.5 Å². The number of carbonyl (C=O) groups is 2. The molecule has 10 nitrogen and oxygen atoms in total. The van der Waals surface area contributed by atoms with Gasteiger partial charge in [0, 0.05) is 12.7 Å².